The number of aromatic amines is 1. The van der Waals surface area contributed by atoms with Crippen LogP contribution in [-0.4, -0.2) is 78.1 Å². The van der Waals surface area contributed by atoms with Crippen molar-refractivity contribution in [2.75, 3.05) is 62.3 Å². The molecular weight excluding hydrogens is 456 g/mol. The third-order valence-electron chi connectivity index (χ3n) is 6.99. The zero-order chi connectivity index (χ0) is 24.5. The molecule has 2 fully saturated rings. The maximum absolute atomic E-state index is 13.7. The summed E-state index contributed by atoms with van der Waals surface area (Å²) in [6.45, 7) is 4.87. The number of amides is 1. The van der Waals surface area contributed by atoms with E-state index in [4.69, 9.17) is 4.74 Å². The number of H-pyrrole nitrogens is 1. The lowest BCUT2D eigenvalue weighted by molar-refractivity contribution is 0.0748. The largest absolute Gasteiger partial charge is 0.378 e. The number of hydrogen-bond donors (Lipinski definition) is 1. The standard InChI is InChI=1S/C27H28N6O3/c34-26(22-18-28-23-9-5-4-8-21(22)23)32-12-10-30(11-13-32)24-19-29-33(20-6-2-1-3-7-20)27(35)25(24)31-14-16-36-17-15-31/h1-9,18-19,28H,10-17H2. The van der Waals surface area contributed by atoms with Crippen LogP contribution in [0, 0.1) is 0 Å². The zero-order valence-electron chi connectivity index (χ0n) is 20.0. The van der Waals surface area contributed by atoms with Gasteiger partial charge in [0, 0.05) is 56.4 Å². The zero-order valence-corrected chi connectivity index (χ0v) is 20.0. The van der Waals surface area contributed by atoms with E-state index in [-0.39, 0.29) is 11.5 Å². The van der Waals surface area contributed by atoms with E-state index >= 15 is 0 Å². The number of carbonyl (C=O) groups is 1. The van der Waals surface area contributed by atoms with E-state index in [1.807, 2.05) is 59.5 Å². The van der Waals surface area contributed by atoms with Crippen molar-refractivity contribution in [1.29, 1.82) is 0 Å². The SMILES string of the molecule is O=C(c1c[nH]c2ccccc12)N1CCN(c2cnn(-c3ccccc3)c(=O)c2N2CCOCC2)CC1. The van der Waals surface area contributed by atoms with Crippen molar-refractivity contribution in [2.24, 2.45) is 0 Å². The predicted molar refractivity (Wildman–Crippen MR) is 139 cm³/mol. The summed E-state index contributed by atoms with van der Waals surface area (Å²) >= 11 is 0. The minimum atomic E-state index is -0.141. The second kappa shape index (κ2) is 9.50. The first-order valence-corrected chi connectivity index (χ1v) is 12.3. The number of benzene rings is 2. The molecule has 2 aromatic carbocycles. The Morgan fingerprint density at radius 1 is 0.861 bits per heavy atom. The molecule has 2 aliphatic heterocycles. The molecule has 0 spiro atoms. The maximum atomic E-state index is 13.7. The highest BCUT2D eigenvalue weighted by molar-refractivity contribution is 6.06. The molecule has 2 aliphatic rings. The fourth-order valence-corrected chi connectivity index (χ4v) is 5.07. The van der Waals surface area contributed by atoms with Gasteiger partial charge in [-0.05, 0) is 18.2 Å². The highest BCUT2D eigenvalue weighted by atomic mass is 16.5. The fourth-order valence-electron chi connectivity index (χ4n) is 5.07. The molecule has 4 heterocycles. The molecule has 9 nitrogen and oxygen atoms in total. The lowest BCUT2D eigenvalue weighted by atomic mass is 10.1. The molecule has 0 unspecified atom stereocenters. The van der Waals surface area contributed by atoms with Gasteiger partial charge < -0.3 is 24.4 Å². The highest BCUT2D eigenvalue weighted by Crippen LogP contribution is 2.28. The molecule has 184 valence electrons. The van der Waals surface area contributed by atoms with Crippen LogP contribution in [0.25, 0.3) is 16.6 Å². The molecular formula is C27H28N6O3. The predicted octanol–water partition coefficient (Wildman–Crippen LogP) is 2.51. The van der Waals surface area contributed by atoms with Gasteiger partial charge >= 0.3 is 0 Å². The molecule has 0 radical (unpaired) electrons. The Morgan fingerprint density at radius 3 is 2.36 bits per heavy atom. The Hall–Kier alpha value is -4.11. The molecule has 0 aliphatic carbocycles. The van der Waals surface area contributed by atoms with E-state index in [1.54, 1.807) is 12.4 Å². The van der Waals surface area contributed by atoms with Crippen LogP contribution in [-0.2, 0) is 4.74 Å². The molecule has 2 aromatic heterocycles. The number of ether oxygens (including phenoxy) is 1. The van der Waals surface area contributed by atoms with Gasteiger partial charge in [0.1, 0.15) is 5.69 Å². The average Bonchev–Trinajstić information content (AvgIpc) is 3.38. The van der Waals surface area contributed by atoms with Gasteiger partial charge in [-0.2, -0.15) is 9.78 Å². The van der Waals surface area contributed by atoms with Gasteiger partial charge in [-0.15, -0.1) is 0 Å². The molecule has 6 rings (SSSR count). The Morgan fingerprint density at radius 2 is 1.58 bits per heavy atom. The van der Waals surface area contributed by atoms with Crippen LogP contribution in [0.15, 0.2) is 71.8 Å². The first kappa shape index (κ1) is 22.4. The first-order chi connectivity index (χ1) is 17.7. The maximum Gasteiger partial charge on any atom is 0.297 e. The summed E-state index contributed by atoms with van der Waals surface area (Å²) in [6.07, 6.45) is 3.58. The van der Waals surface area contributed by atoms with E-state index in [0.29, 0.717) is 63.7 Å². The third-order valence-corrected chi connectivity index (χ3v) is 6.99. The van der Waals surface area contributed by atoms with E-state index in [1.165, 1.54) is 4.68 Å². The molecule has 1 amide bonds. The van der Waals surface area contributed by atoms with Crippen LogP contribution in [0.1, 0.15) is 10.4 Å². The summed E-state index contributed by atoms with van der Waals surface area (Å²) in [6, 6.07) is 17.3. The monoisotopic (exact) mass is 484 g/mol. The number of aromatic nitrogens is 3. The lowest BCUT2D eigenvalue weighted by Crippen LogP contribution is -2.50. The molecule has 36 heavy (non-hydrogen) atoms. The summed E-state index contributed by atoms with van der Waals surface area (Å²) in [7, 11) is 0. The van der Waals surface area contributed by atoms with Crippen molar-refractivity contribution in [1.82, 2.24) is 19.7 Å². The van der Waals surface area contributed by atoms with E-state index in [0.717, 1.165) is 22.3 Å². The molecule has 0 atom stereocenters. The average molecular weight is 485 g/mol. The Labute approximate surface area is 208 Å². The number of rotatable bonds is 4. The van der Waals surface area contributed by atoms with Crippen molar-refractivity contribution in [3.63, 3.8) is 0 Å². The van der Waals surface area contributed by atoms with Crippen molar-refractivity contribution in [3.8, 4) is 5.69 Å². The Bertz CT molecular complexity index is 1430. The number of piperazine rings is 1. The van der Waals surface area contributed by atoms with Gasteiger partial charge in [0.05, 0.1) is 36.3 Å². The summed E-state index contributed by atoms with van der Waals surface area (Å²) in [5.74, 6) is 0.0260. The van der Waals surface area contributed by atoms with Gasteiger partial charge in [-0.1, -0.05) is 36.4 Å². The number of para-hydroxylation sites is 2. The van der Waals surface area contributed by atoms with Gasteiger partial charge in [0.25, 0.3) is 11.5 Å². The molecule has 1 N–H and O–H groups in total. The lowest BCUT2D eigenvalue weighted by Gasteiger charge is -2.38. The van der Waals surface area contributed by atoms with Crippen LogP contribution >= 0.6 is 0 Å². The van der Waals surface area contributed by atoms with Crippen LogP contribution in [0.5, 0.6) is 0 Å². The van der Waals surface area contributed by atoms with Crippen molar-refractivity contribution in [3.05, 3.63) is 82.9 Å². The smallest absolute Gasteiger partial charge is 0.297 e. The second-order valence-corrected chi connectivity index (χ2v) is 9.06. The number of anilines is 2. The number of nitrogens with one attached hydrogen (secondary N) is 1. The first-order valence-electron chi connectivity index (χ1n) is 12.3. The summed E-state index contributed by atoms with van der Waals surface area (Å²) in [5, 5.41) is 5.47. The molecule has 2 saturated heterocycles. The minimum absolute atomic E-state index is 0.0260. The molecule has 0 bridgehead atoms. The van der Waals surface area contributed by atoms with E-state index in [9.17, 15) is 9.59 Å². The number of fused-ring (bicyclic) bond motifs is 1. The summed E-state index contributed by atoms with van der Waals surface area (Å²) in [5.41, 5.74) is 3.71. The van der Waals surface area contributed by atoms with E-state index < -0.39 is 0 Å². The van der Waals surface area contributed by atoms with Gasteiger partial charge in [0.2, 0.25) is 0 Å². The van der Waals surface area contributed by atoms with Crippen LogP contribution in [0.2, 0.25) is 0 Å². The van der Waals surface area contributed by atoms with Crippen molar-refractivity contribution < 1.29 is 9.53 Å². The van der Waals surface area contributed by atoms with Gasteiger partial charge in [-0.25, -0.2) is 0 Å². The Kier molecular flexibility index (Phi) is 5.90. The highest BCUT2D eigenvalue weighted by Gasteiger charge is 2.29. The fraction of sp³-hybridized carbons (Fsp3) is 0.296. The number of nitrogens with zero attached hydrogens (tertiary/aromatic N) is 5. The van der Waals surface area contributed by atoms with Gasteiger partial charge in [0.15, 0.2) is 0 Å². The molecule has 0 saturated carbocycles. The minimum Gasteiger partial charge on any atom is -0.378 e. The molecule has 4 aromatic rings. The topological polar surface area (TPSA) is 86.7 Å². The van der Waals surface area contributed by atoms with Crippen molar-refractivity contribution in [2.45, 2.75) is 0 Å². The van der Waals surface area contributed by atoms with Crippen LogP contribution in [0.3, 0.4) is 0 Å². The molecule has 9 heteroatoms. The second-order valence-electron chi connectivity index (χ2n) is 9.06. The van der Waals surface area contributed by atoms with Crippen molar-refractivity contribution >= 4 is 28.2 Å². The van der Waals surface area contributed by atoms with Crippen LogP contribution < -0.4 is 15.4 Å². The quantitative estimate of drug-likeness (QED) is 0.479. The normalized spacial score (nSPS) is 16.5. The summed E-state index contributed by atoms with van der Waals surface area (Å²) < 4.78 is 7.00. The number of hydrogen-bond acceptors (Lipinski definition) is 6. The Balaban J connectivity index is 1.27. The van der Waals surface area contributed by atoms with Crippen LogP contribution in [0.4, 0.5) is 11.4 Å². The number of carbonyl (C=O) groups excluding carboxylic acids is 1. The van der Waals surface area contributed by atoms with E-state index in [2.05, 4.69) is 19.9 Å². The number of morpholine rings is 1. The van der Waals surface area contributed by atoms with Gasteiger partial charge in [-0.3, -0.25) is 9.59 Å². The summed E-state index contributed by atoms with van der Waals surface area (Å²) in [4.78, 5) is 36.4. The third kappa shape index (κ3) is 4.01.